The Morgan fingerprint density at radius 2 is 1.95 bits per heavy atom. The summed E-state index contributed by atoms with van der Waals surface area (Å²) in [6.07, 6.45) is 1.05. The maximum Gasteiger partial charge on any atom is 0.337 e. The largest absolute Gasteiger partial charge is 0.478 e. The summed E-state index contributed by atoms with van der Waals surface area (Å²) in [5.74, 6) is 0.784. The molecule has 2 unspecified atom stereocenters. The van der Waals surface area contributed by atoms with Crippen LogP contribution in [0.1, 0.15) is 69.2 Å². The van der Waals surface area contributed by atoms with Crippen LogP contribution in [0.15, 0.2) is 18.2 Å². The average molecular weight is 288 g/mol. The molecule has 1 N–H and O–H groups in total. The van der Waals surface area contributed by atoms with Gasteiger partial charge in [0.05, 0.1) is 16.6 Å². The molecule has 21 heavy (non-hydrogen) atoms. The summed E-state index contributed by atoms with van der Waals surface area (Å²) in [5, 5.41) is 9.49. The smallest absolute Gasteiger partial charge is 0.337 e. The van der Waals surface area contributed by atoms with Gasteiger partial charge < -0.3 is 9.67 Å². The highest BCUT2D eigenvalue weighted by Gasteiger charge is 2.24. The normalized spacial score (nSPS) is 14.6. The van der Waals surface area contributed by atoms with Gasteiger partial charge in [0.15, 0.2) is 0 Å². The Labute approximate surface area is 125 Å². The fraction of sp³-hybridized carbons (Fsp3) is 0.529. The second-order valence-corrected chi connectivity index (χ2v) is 6.10. The fourth-order valence-electron chi connectivity index (χ4n) is 2.75. The van der Waals surface area contributed by atoms with Gasteiger partial charge in [0, 0.05) is 12.0 Å². The highest BCUT2D eigenvalue weighted by atomic mass is 16.4. The highest BCUT2D eigenvalue weighted by molar-refractivity contribution is 6.01. The third-order valence-electron chi connectivity index (χ3n) is 4.36. The molecule has 0 aliphatic heterocycles. The van der Waals surface area contributed by atoms with Crippen LogP contribution in [0.5, 0.6) is 0 Å². The molecule has 0 aliphatic carbocycles. The first kappa shape index (κ1) is 15.5. The maximum atomic E-state index is 11.6. The molecule has 4 nitrogen and oxygen atoms in total. The molecule has 2 atom stereocenters. The minimum absolute atomic E-state index is 0.220. The van der Waals surface area contributed by atoms with Gasteiger partial charge in [-0.3, -0.25) is 0 Å². The minimum Gasteiger partial charge on any atom is -0.478 e. The zero-order chi connectivity index (χ0) is 15.7. The average Bonchev–Trinajstić information content (AvgIpc) is 2.84. The monoisotopic (exact) mass is 288 g/mol. The maximum absolute atomic E-state index is 11.6. The number of imidazole rings is 1. The zero-order valence-corrected chi connectivity index (χ0v) is 13.4. The Morgan fingerprint density at radius 1 is 1.29 bits per heavy atom. The number of fused-ring (bicyclic) bond motifs is 1. The fourth-order valence-corrected chi connectivity index (χ4v) is 2.75. The summed E-state index contributed by atoms with van der Waals surface area (Å²) in [6.45, 7) is 10.7. The van der Waals surface area contributed by atoms with Crippen LogP contribution in [0.2, 0.25) is 0 Å². The van der Waals surface area contributed by atoms with E-state index in [0.717, 1.165) is 23.3 Å². The number of aromatic nitrogens is 2. The van der Waals surface area contributed by atoms with Gasteiger partial charge >= 0.3 is 5.97 Å². The summed E-state index contributed by atoms with van der Waals surface area (Å²) in [5.41, 5.74) is 1.86. The molecule has 1 aromatic heterocycles. The van der Waals surface area contributed by atoms with E-state index < -0.39 is 5.97 Å². The molecule has 1 heterocycles. The van der Waals surface area contributed by atoms with Crippen molar-refractivity contribution in [2.24, 2.45) is 5.92 Å². The number of hydrogen-bond acceptors (Lipinski definition) is 2. The second-order valence-electron chi connectivity index (χ2n) is 6.10. The van der Waals surface area contributed by atoms with Gasteiger partial charge in [0.2, 0.25) is 0 Å². The van der Waals surface area contributed by atoms with Crippen LogP contribution in [0, 0.1) is 5.92 Å². The lowest BCUT2D eigenvalue weighted by Crippen LogP contribution is -2.18. The van der Waals surface area contributed by atoms with Crippen LogP contribution in [0.4, 0.5) is 0 Å². The topological polar surface area (TPSA) is 55.1 Å². The lowest BCUT2D eigenvalue weighted by atomic mass is 9.99. The van der Waals surface area contributed by atoms with E-state index in [1.165, 1.54) is 0 Å². The predicted octanol–water partition coefficient (Wildman–Crippen LogP) is 4.47. The number of carboxylic acid groups (broad SMARTS) is 1. The van der Waals surface area contributed by atoms with E-state index in [4.69, 9.17) is 4.98 Å². The van der Waals surface area contributed by atoms with Gasteiger partial charge in [-0.1, -0.05) is 40.2 Å². The quantitative estimate of drug-likeness (QED) is 0.883. The first-order valence-electron chi connectivity index (χ1n) is 7.62. The summed E-state index contributed by atoms with van der Waals surface area (Å²) in [7, 11) is 0. The van der Waals surface area contributed by atoms with Crippen LogP contribution in [0.3, 0.4) is 0 Å². The number of rotatable bonds is 5. The van der Waals surface area contributed by atoms with E-state index in [1.54, 1.807) is 12.1 Å². The van der Waals surface area contributed by atoms with Crippen molar-refractivity contribution in [3.05, 3.63) is 29.6 Å². The molecule has 1 aromatic carbocycles. The Balaban J connectivity index is 2.80. The SMILES string of the molecule is CCC(C)C(C)n1c(C(C)C)nc2cccc(C(=O)O)c21. The lowest BCUT2D eigenvalue weighted by Gasteiger charge is -2.24. The number of carboxylic acids is 1. The van der Waals surface area contributed by atoms with Gasteiger partial charge in [-0.2, -0.15) is 0 Å². The highest BCUT2D eigenvalue weighted by Crippen LogP contribution is 2.32. The van der Waals surface area contributed by atoms with E-state index in [0.29, 0.717) is 11.5 Å². The Kier molecular flexibility index (Phi) is 4.35. The van der Waals surface area contributed by atoms with Crippen molar-refractivity contribution in [3.8, 4) is 0 Å². The number of aromatic carboxylic acids is 1. The molecule has 0 spiro atoms. The molecular formula is C17H24N2O2. The van der Waals surface area contributed by atoms with Crippen molar-refractivity contribution in [3.63, 3.8) is 0 Å². The van der Waals surface area contributed by atoms with Crippen molar-refractivity contribution >= 4 is 17.0 Å². The predicted molar refractivity (Wildman–Crippen MR) is 84.9 cm³/mol. The zero-order valence-electron chi connectivity index (χ0n) is 13.4. The molecule has 0 fully saturated rings. The van der Waals surface area contributed by atoms with Crippen LogP contribution >= 0.6 is 0 Å². The molecule has 114 valence electrons. The summed E-state index contributed by atoms with van der Waals surface area (Å²) in [4.78, 5) is 16.3. The Hall–Kier alpha value is -1.84. The molecule has 4 heteroatoms. The Bertz CT molecular complexity index is 658. The van der Waals surface area contributed by atoms with Crippen molar-refractivity contribution in [1.82, 2.24) is 9.55 Å². The number of benzene rings is 1. The van der Waals surface area contributed by atoms with E-state index >= 15 is 0 Å². The molecule has 0 radical (unpaired) electrons. The Morgan fingerprint density at radius 3 is 2.48 bits per heavy atom. The molecular weight excluding hydrogens is 264 g/mol. The summed E-state index contributed by atoms with van der Waals surface area (Å²) < 4.78 is 2.14. The van der Waals surface area contributed by atoms with E-state index in [2.05, 4.69) is 39.2 Å². The van der Waals surface area contributed by atoms with Gasteiger partial charge in [-0.05, 0) is 25.0 Å². The van der Waals surface area contributed by atoms with Crippen LogP contribution < -0.4 is 0 Å². The van der Waals surface area contributed by atoms with E-state index in [1.807, 2.05) is 6.07 Å². The third kappa shape index (κ3) is 2.67. The number of carbonyl (C=O) groups is 1. The van der Waals surface area contributed by atoms with E-state index in [9.17, 15) is 9.90 Å². The third-order valence-corrected chi connectivity index (χ3v) is 4.36. The van der Waals surface area contributed by atoms with Gasteiger partial charge in [-0.15, -0.1) is 0 Å². The van der Waals surface area contributed by atoms with Crippen LogP contribution in [0.25, 0.3) is 11.0 Å². The van der Waals surface area contributed by atoms with E-state index in [-0.39, 0.29) is 12.0 Å². The van der Waals surface area contributed by atoms with Gasteiger partial charge in [-0.25, -0.2) is 9.78 Å². The first-order chi connectivity index (χ1) is 9.88. The molecule has 0 saturated carbocycles. The summed E-state index contributed by atoms with van der Waals surface area (Å²) >= 11 is 0. The van der Waals surface area contributed by atoms with Crippen LogP contribution in [-0.2, 0) is 0 Å². The second kappa shape index (κ2) is 5.88. The number of para-hydroxylation sites is 1. The number of nitrogens with zero attached hydrogens (tertiary/aromatic N) is 2. The number of hydrogen-bond donors (Lipinski definition) is 1. The van der Waals surface area contributed by atoms with Crippen molar-refractivity contribution < 1.29 is 9.90 Å². The molecule has 0 bridgehead atoms. The van der Waals surface area contributed by atoms with Gasteiger partial charge in [0.25, 0.3) is 0 Å². The molecule has 0 saturated heterocycles. The molecule has 0 amide bonds. The first-order valence-corrected chi connectivity index (χ1v) is 7.62. The van der Waals surface area contributed by atoms with Crippen LogP contribution in [-0.4, -0.2) is 20.6 Å². The standard InChI is InChI=1S/C17H24N2O2/c1-6-11(4)12(5)19-15-13(17(20)21)8-7-9-14(15)18-16(19)10(2)3/h7-12H,6H2,1-5H3,(H,20,21). The van der Waals surface area contributed by atoms with Crippen molar-refractivity contribution in [2.75, 3.05) is 0 Å². The van der Waals surface area contributed by atoms with Gasteiger partial charge in [0.1, 0.15) is 5.82 Å². The molecule has 2 aromatic rings. The summed E-state index contributed by atoms with van der Waals surface area (Å²) in [6, 6.07) is 5.54. The lowest BCUT2D eigenvalue weighted by molar-refractivity contribution is 0.0698. The molecule has 0 aliphatic rings. The van der Waals surface area contributed by atoms with Crippen molar-refractivity contribution in [1.29, 1.82) is 0 Å². The van der Waals surface area contributed by atoms with Crippen molar-refractivity contribution in [2.45, 2.75) is 53.0 Å². The minimum atomic E-state index is -0.895. The molecule has 2 rings (SSSR count).